The van der Waals surface area contributed by atoms with E-state index < -0.39 is 19.8 Å². The zero-order valence-corrected chi connectivity index (χ0v) is 24.9. The van der Waals surface area contributed by atoms with E-state index in [1.807, 2.05) is 0 Å². The van der Waals surface area contributed by atoms with Crippen LogP contribution in [0.4, 0.5) is 0 Å². The van der Waals surface area contributed by atoms with Gasteiger partial charge in [-0.15, -0.1) is 24.8 Å². The largest absolute Gasteiger partial charge is 0.147 e. The van der Waals surface area contributed by atoms with Gasteiger partial charge in [-0.25, -0.2) is 0 Å². The Kier molecular flexibility index (Phi) is 7.25. The minimum absolute atomic E-state index is 0. The molecule has 3 heteroatoms. The number of hydrogen-bond donors (Lipinski definition) is 0. The number of benzene rings is 5. The summed E-state index contributed by atoms with van der Waals surface area (Å²) in [4.78, 5) is 0. The van der Waals surface area contributed by atoms with Gasteiger partial charge >= 0.3 is 212 Å². The topological polar surface area (TPSA) is 0 Å². The van der Waals surface area contributed by atoms with Gasteiger partial charge in [0.15, 0.2) is 0 Å². The molecule has 0 fully saturated rings. The molecule has 0 aromatic heterocycles. The van der Waals surface area contributed by atoms with Crippen LogP contribution >= 0.6 is 24.8 Å². The zero-order chi connectivity index (χ0) is 23.4. The maximum absolute atomic E-state index is 3.35. The maximum Gasteiger partial charge on any atom is -0.147 e. The molecule has 7 rings (SSSR count). The van der Waals surface area contributed by atoms with Gasteiger partial charge in [-0.1, -0.05) is 0 Å². The van der Waals surface area contributed by atoms with Crippen molar-refractivity contribution in [1.82, 2.24) is 0 Å². The second-order valence-electron chi connectivity index (χ2n) is 9.75. The molecule has 0 amide bonds. The fourth-order valence-corrected chi connectivity index (χ4v) is 18.0. The van der Waals surface area contributed by atoms with Crippen molar-refractivity contribution in [2.45, 2.75) is 19.8 Å². The SMILES string of the molecule is C[CH]=[Zr]([C]1=CC=CC1)([c]1ccccc1)[c]1cccc2c1c1c(c3ccccc32)-c2ccccc2C1.Cl.Cl. The molecule has 0 heterocycles. The van der Waals surface area contributed by atoms with Crippen molar-refractivity contribution in [2.75, 3.05) is 0 Å². The normalized spacial score (nSPS) is 14.8. The fourth-order valence-electron chi connectivity index (χ4n) is 6.71. The van der Waals surface area contributed by atoms with Gasteiger partial charge in [0.1, 0.15) is 0 Å². The summed E-state index contributed by atoms with van der Waals surface area (Å²) in [6, 6.07) is 36.6. The number of halogens is 2. The summed E-state index contributed by atoms with van der Waals surface area (Å²) in [5, 5.41) is 5.69. The average molecular weight is 600 g/mol. The van der Waals surface area contributed by atoms with Crippen LogP contribution in [0.15, 0.2) is 119 Å². The predicted octanol–water partition coefficient (Wildman–Crippen LogP) is 8.18. The minimum atomic E-state index is -3.35. The molecule has 37 heavy (non-hydrogen) atoms. The number of hydrogen-bond acceptors (Lipinski definition) is 0. The van der Waals surface area contributed by atoms with Crippen LogP contribution < -0.4 is 6.54 Å². The van der Waals surface area contributed by atoms with E-state index >= 15 is 0 Å². The molecule has 0 N–H and O–H groups in total. The Hall–Kier alpha value is -2.57. The summed E-state index contributed by atoms with van der Waals surface area (Å²) in [5.41, 5.74) is 5.86. The Morgan fingerprint density at radius 1 is 0.703 bits per heavy atom. The van der Waals surface area contributed by atoms with Crippen LogP contribution in [0.2, 0.25) is 0 Å². The van der Waals surface area contributed by atoms with E-state index in [4.69, 9.17) is 0 Å². The first-order valence-electron chi connectivity index (χ1n) is 12.6. The van der Waals surface area contributed by atoms with Crippen LogP contribution in [0, 0.1) is 0 Å². The van der Waals surface area contributed by atoms with Crippen LogP contribution in [0.5, 0.6) is 0 Å². The standard InChI is InChI=1S/C21H13.C6H5.C5H5.C2H4.2ClH.Zr/c1-2-8-15-14(7-1)13-20-18-11-4-3-9-16(18)17-10-5-6-12-19(17)21(15)20;1-2-4-6-5-3-1;1-2-4-5-3-1;1-2;;;/h1-10,12H,13H2;1-5H;1-3H,4H2;1H,2H3;2*1H;. The van der Waals surface area contributed by atoms with Crippen molar-refractivity contribution in [3.8, 4) is 11.1 Å². The molecular formula is C34H29Cl2Zr. The van der Waals surface area contributed by atoms with E-state index in [1.54, 1.807) is 9.82 Å². The summed E-state index contributed by atoms with van der Waals surface area (Å²) >= 11 is -3.35. The van der Waals surface area contributed by atoms with Crippen molar-refractivity contribution < 1.29 is 19.8 Å². The third-order valence-electron chi connectivity index (χ3n) is 8.17. The fraction of sp³-hybridized carbons (Fsp3) is 0.0882. The van der Waals surface area contributed by atoms with Crippen LogP contribution in [0.3, 0.4) is 0 Å². The second kappa shape index (κ2) is 10.3. The van der Waals surface area contributed by atoms with E-state index in [1.165, 1.54) is 43.8 Å². The van der Waals surface area contributed by atoms with Gasteiger partial charge in [-0.2, -0.15) is 0 Å². The molecule has 0 nitrogen and oxygen atoms in total. The Labute approximate surface area is 235 Å². The first-order chi connectivity index (χ1) is 17.3. The van der Waals surface area contributed by atoms with Crippen molar-refractivity contribution >= 4 is 56.6 Å². The number of fused-ring (bicyclic) bond motifs is 8. The van der Waals surface area contributed by atoms with Crippen molar-refractivity contribution in [2.24, 2.45) is 0 Å². The molecule has 0 bridgehead atoms. The molecule has 0 radical (unpaired) electrons. The Morgan fingerprint density at radius 3 is 2.16 bits per heavy atom. The van der Waals surface area contributed by atoms with Crippen molar-refractivity contribution in [3.05, 3.63) is 130 Å². The molecule has 0 saturated heterocycles. The van der Waals surface area contributed by atoms with E-state index in [9.17, 15) is 0 Å². The van der Waals surface area contributed by atoms with Crippen molar-refractivity contribution in [3.63, 3.8) is 0 Å². The van der Waals surface area contributed by atoms with Gasteiger partial charge in [-0.3, -0.25) is 0 Å². The van der Waals surface area contributed by atoms with E-state index in [0.29, 0.717) is 0 Å². The van der Waals surface area contributed by atoms with Gasteiger partial charge in [0.2, 0.25) is 0 Å². The molecule has 5 aromatic rings. The number of allylic oxidation sites excluding steroid dienone is 4. The predicted molar refractivity (Wildman–Crippen MR) is 163 cm³/mol. The van der Waals surface area contributed by atoms with Crippen LogP contribution in [-0.2, 0) is 26.2 Å². The molecular weight excluding hydrogens is 571 g/mol. The molecule has 1 atom stereocenters. The smallest absolute Gasteiger partial charge is 0.147 e. The van der Waals surface area contributed by atoms with Gasteiger partial charge < -0.3 is 0 Å². The van der Waals surface area contributed by atoms with E-state index in [2.05, 4.69) is 126 Å². The first-order valence-corrected chi connectivity index (χ1v) is 17.7. The second-order valence-corrected chi connectivity index (χ2v) is 19.5. The zero-order valence-electron chi connectivity index (χ0n) is 20.8. The molecule has 2 aliphatic carbocycles. The molecule has 1 unspecified atom stereocenters. The summed E-state index contributed by atoms with van der Waals surface area (Å²) in [5.74, 6) is 0. The van der Waals surface area contributed by atoms with Crippen LogP contribution in [-0.4, -0.2) is 3.71 Å². The van der Waals surface area contributed by atoms with Crippen molar-refractivity contribution in [1.29, 1.82) is 0 Å². The molecule has 183 valence electrons. The molecule has 0 aliphatic heterocycles. The van der Waals surface area contributed by atoms with Gasteiger partial charge in [0, 0.05) is 0 Å². The first kappa shape index (κ1) is 26.1. The Balaban J connectivity index is 0.00000140. The average Bonchev–Trinajstić information content (AvgIpc) is 3.59. The third kappa shape index (κ3) is 3.78. The Morgan fingerprint density at radius 2 is 1.41 bits per heavy atom. The van der Waals surface area contributed by atoms with Gasteiger partial charge in [0.05, 0.1) is 0 Å². The monoisotopic (exact) mass is 597 g/mol. The molecule has 2 aliphatic rings. The third-order valence-corrected chi connectivity index (χ3v) is 19.9. The molecule has 0 spiro atoms. The van der Waals surface area contributed by atoms with Crippen LogP contribution in [0.25, 0.3) is 32.7 Å². The van der Waals surface area contributed by atoms with E-state index in [0.717, 1.165) is 12.8 Å². The Bertz CT molecular complexity index is 1760. The molecule has 0 saturated carbocycles. The summed E-state index contributed by atoms with van der Waals surface area (Å²) in [7, 11) is 0. The summed E-state index contributed by atoms with van der Waals surface area (Å²) in [6.45, 7) is 2.33. The molecule has 5 aromatic carbocycles. The number of rotatable bonds is 3. The minimum Gasteiger partial charge on any atom is -0.147 e. The summed E-state index contributed by atoms with van der Waals surface area (Å²) in [6.07, 6.45) is 9.13. The quantitative estimate of drug-likeness (QED) is 0.180. The maximum atomic E-state index is 2.64. The van der Waals surface area contributed by atoms with E-state index in [-0.39, 0.29) is 24.8 Å². The summed E-state index contributed by atoms with van der Waals surface area (Å²) < 4.78 is 7.44. The van der Waals surface area contributed by atoms with Gasteiger partial charge in [-0.05, 0) is 0 Å². The van der Waals surface area contributed by atoms with Crippen LogP contribution in [0.1, 0.15) is 24.5 Å². The van der Waals surface area contributed by atoms with Gasteiger partial charge in [0.25, 0.3) is 0 Å².